The Bertz CT molecular complexity index is 991. The third-order valence-corrected chi connectivity index (χ3v) is 5.35. The summed E-state index contributed by atoms with van der Waals surface area (Å²) in [6.07, 6.45) is 3.51. The lowest BCUT2D eigenvalue weighted by molar-refractivity contribution is 0.102. The molecule has 3 aromatic rings. The van der Waals surface area contributed by atoms with Crippen molar-refractivity contribution in [2.45, 2.75) is 5.16 Å². The van der Waals surface area contributed by atoms with E-state index >= 15 is 0 Å². The Morgan fingerprint density at radius 1 is 1.19 bits per heavy atom. The van der Waals surface area contributed by atoms with Crippen molar-refractivity contribution in [2.75, 3.05) is 24.8 Å². The van der Waals surface area contributed by atoms with Crippen molar-refractivity contribution in [3.05, 3.63) is 58.8 Å². The van der Waals surface area contributed by atoms with Gasteiger partial charge >= 0.3 is 0 Å². The summed E-state index contributed by atoms with van der Waals surface area (Å²) in [4.78, 5) is 17.4. The van der Waals surface area contributed by atoms with Gasteiger partial charge in [0.05, 0.1) is 11.9 Å². The molecule has 0 radical (unpaired) electrons. The number of aromatic nitrogens is 2. The molecule has 1 N–H and O–H groups in total. The van der Waals surface area contributed by atoms with Crippen LogP contribution in [0.2, 0.25) is 0 Å². The van der Waals surface area contributed by atoms with E-state index in [-0.39, 0.29) is 5.91 Å². The lowest BCUT2D eigenvalue weighted by Crippen LogP contribution is -2.18. The predicted octanol–water partition coefficient (Wildman–Crippen LogP) is 4.38. The van der Waals surface area contributed by atoms with Crippen molar-refractivity contribution in [1.82, 2.24) is 9.55 Å². The zero-order valence-corrected chi connectivity index (χ0v) is 16.8. The highest BCUT2D eigenvalue weighted by Gasteiger charge is 2.20. The van der Waals surface area contributed by atoms with Crippen LogP contribution >= 0.6 is 27.7 Å². The number of nitrogens with zero attached hydrogens (tertiary/aromatic N) is 2. The number of halogens is 1. The van der Waals surface area contributed by atoms with Crippen LogP contribution in [0.1, 0.15) is 10.5 Å². The average molecular weight is 446 g/mol. The third-order valence-electron chi connectivity index (χ3n) is 4.04. The van der Waals surface area contributed by atoms with Gasteiger partial charge in [-0.25, -0.2) is 4.98 Å². The van der Waals surface area contributed by atoms with E-state index in [4.69, 9.17) is 9.47 Å². The number of hydrogen-bond donors (Lipinski definition) is 1. The molecular formula is C19H16BrN3O3S. The molecule has 138 valence electrons. The highest BCUT2D eigenvalue weighted by atomic mass is 79.9. The van der Waals surface area contributed by atoms with Gasteiger partial charge in [-0.1, -0.05) is 30.0 Å². The van der Waals surface area contributed by atoms with Crippen molar-refractivity contribution < 1.29 is 14.3 Å². The van der Waals surface area contributed by atoms with E-state index in [1.807, 2.05) is 41.2 Å². The molecule has 0 saturated heterocycles. The molecule has 2 heterocycles. The Balaban J connectivity index is 1.68. The first-order valence-corrected chi connectivity index (χ1v) is 10.3. The maximum atomic E-state index is 13.0. The van der Waals surface area contributed by atoms with Crippen LogP contribution < -0.4 is 14.8 Å². The molecule has 0 fully saturated rings. The van der Waals surface area contributed by atoms with Gasteiger partial charge in [0.25, 0.3) is 5.91 Å². The minimum atomic E-state index is -0.260. The van der Waals surface area contributed by atoms with Gasteiger partial charge in [0.2, 0.25) is 0 Å². The number of carbonyl (C=O) groups excluding carboxylic acids is 1. The van der Waals surface area contributed by atoms with E-state index in [2.05, 4.69) is 26.2 Å². The monoisotopic (exact) mass is 445 g/mol. The fraction of sp³-hybridized carbons (Fsp3) is 0.158. The number of fused-ring (bicyclic) bond motifs is 1. The summed E-state index contributed by atoms with van der Waals surface area (Å²) in [5.74, 6) is 1.01. The van der Waals surface area contributed by atoms with E-state index in [1.54, 1.807) is 18.3 Å². The van der Waals surface area contributed by atoms with Gasteiger partial charge in [0, 0.05) is 22.3 Å². The molecule has 0 saturated carbocycles. The van der Waals surface area contributed by atoms with Crippen molar-refractivity contribution in [2.24, 2.45) is 0 Å². The highest BCUT2D eigenvalue weighted by molar-refractivity contribution is 9.10. The van der Waals surface area contributed by atoms with E-state index in [1.165, 1.54) is 11.8 Å². The first kappa shape index (κ1) is 17.9. The number of benzene rings is 2. The van der Waals surface area contributed by atoms with Crippen LogP contribution in [0.3, 0.4) is 0 Å². The van der Waals surface area contributed by atoms with Crippen molar-refractivity contribution in [3.8, 4) is 17.2 Å². The highest BCUT2D eigenvalue weighted by Crippen LogP contribution is 2.38. The summed E-state index contributed by atoms with van der Waals surface area (Å²) in [5.41, 5.74) is 1.94. The Labute approximate surface area is 169 Å². The normalized spacial score (nSPS) is 12.7. The summed E-state index contributed by atoms with van der Waals surface area (Å²) in [7, 11) is 0. The van der Waals surface area contributed by atoms with E-state index in [0.717, 1.165) is 15.3 Å². The first-order valence-electron chi connectivity index (χ1n) is 8.25. The zero-order valence-electron chi connectivity index (χ0n) is 14.4. The van der Waals surface area contributed by atoms with Crippen LogP contribution in [0.5, 0.6) is 11.5 Å². The quantitative estimate of drug-likeness (QED) is 0.603. The molecule has 1 aromatic heterocycles. The van der Waals surface area contributed by atoms with Crippen molar-refractivity contribution in [3.63, 3.8) is 0 Å². The zero-order chi connectivity index (χ0) is 18.8. The summed E-state index contributed by atoms with van der Waals surface area (Å²) < 4.78 is 13.7. The fourth-order valence-corrected chi connectivity index (χ4v) is 3.78. The van der Waals surface area contributed by atoms with E-state index in [9.17, 15) is 4.79 Å². The minimum absolute atomic E-state index is 0.260. The number of thioether (sulfide) groups is 1. The summed E-state index contributed by atoms with van der Waals surface area (Å²) in [6, 6.07) is 13.2. The number of amides is 1. The smallest absolute Gasteiger partial charge is 0.274 e. The number of para-hydroxylation sites is 1. The second-order valence-electron chi connectivity index (χ2n) is 5.73. The van der Waals surface area contributed by atoms with Gasteiger partial charge in [0.15, 0.2) is 16.7 Å². The van der Waals surface area contributed by atoms with E-state index < -0.39 is 0 Å². The number of rotatable bonds is 4. The van der Waals surface area contributed by atoms with Gasteiger partial charge < -0.3 is 14.8 Å². The number of ether oxygens (including phenoxy) is 2. The Morgan fingerprint density at radius 3 is 2.59 bits per heavy atom. The number of hydrogen-bond acceptors (Lipinski definition) is 5. The van der Waals surface area contributed by atoms with Crippen molar-refractivity contribution >= 4 is 39.3 Å². The third kappa shape index (κ3) is 3.54. The van der Waals surface area contributed by atoms with Gasteiger partial charge in [-0.15, -0.1) is 0 Å². The van der Waals surface area contributed by atoms with Crippen LogP contribution in [0, 0.1) is 0 Å². The maximum absolute atomic E-state index is 13.0. The number of imidazole rings is 1. The lowest BCUT2D eigenvalue weighted by Gasteiger charge is -2.20. The Morgan fingerprint density at radius 2 is 1.89 bits per heavy atom. The SMILES string of the molecule is CSc1ncc(C(=O)Nc2cc3c(cc2Br)OCCO3)n1-c1ccccc1. The summed E-state index contributed by atoms with van der Waals surface area (Å²) in [5, 5.41) is 3.68. The van der Waals surface area contributed by atoms with Crippen LogP contribution in [0.15, 0.2) is 58.3 Å². The van der Waals surface area contributed by atoms with Crippen LogP contribution in [-0.2, 0) is 0 Å². The molecule has 0 atom stereocenters. The molecule has 0 bridgehead atoms. The molecule has 27 heavy (non-hydrogen) atoms. The summed E-state index contributed by atoms with van der Waals surface area (Å²) >= 11 is 4.96. The molecule has 0 aliphatic carbocycles. The van der Waals surface area contributed by atoms with Gasteiger partial charge in [-0.3, -0.25) is 9.36 Å². The lowest BCUT2D eigenvalue weighted by atomic mass is 10.2. The minimum Gasteiger partial charge on any atom is -0.486 e. The maximum Gasteiger partial charge on any atom is 0.274 e. The topological polar surface area (TPSA) is 65.4 Å². The molecule has 1 amide bonds. The van der Waals surface area contributed by atoms with Gasteiger partial charge in [-0.2, -0.15) is 0 Å². The van der Waals surface area contributed by atoms with Crippen LogP contribution in [0.4, 0.5) is 5.69 Å². The van der Waals surface area contributed by atoms with Crippen LogP contribution in [-0.4, -0.2) is 34.9 Å². The fourth-order valence-electron chi connectivity index (χ4n) is 2.81. The molecule has 1 aliphatic heterocycles. The molecule has 8 heteroatoms. The average Bonchev–Trinajstić information content (AvgIpc) is 3.13. The summed E-state index contributed by atoms with van der Waals surface area (Å²) in [6.45, 7) is 0.999. The second kappa shape index (κ2) is 7.66. The molecule has 0 spiro atoms. The standard InChI is InChI=1S/C19H16BrN3O3S/c1-27-19-21-11-15(23(19)12-5-3-2-4-6-12)18(24)22-14-10-17-16(9-13(14)20)25-7-8-26-17/h2-6,9-11H,7-8H2,1H3,(H,22,24). The van der Waals surface area contributed by atoms with Crippen molar-refractivity contribution in [1.29, 1.82) is 0 Å². The molecular weight excluding hydrogens is 430 g/mol. The molecule has 2 aromatic carbocycles. The second-order valence-corrected chi connectivity index (χ2v) is 7.36. The molecule has 6 nitrogen and oxygen atoms in total. The number of anilines is 1. The predicted molar refractivity (Wildman–Crippen MR) is 108 cm³/mol. The van der Waals surface area contributed by atoms with E-state index in [0.29, 0.717) is 36.1 Å². The molecule has 4 rings (SSSR count). The molecule has 1 aliphatic rings. The Kier molecular flexibility index (Phi) is 5.09. The Hall–Kier alpha value is -2.45. The van der Waals surface area contributed by atoms with Crippen LogP contribution in [0.25, 0.3) is 5.69 Å². The molecule has 0 unspecified atom stereocenters. The first-order chi connectivity index (χ1) is 13.2. The number of nitrogens with one attached hydrogen (secondary N) is 1. The number of carbonyl (C=O) groups is 1. The van der Waals surface area contributed by atoms with Gasteiger partial charge in [-0.05, 0) is 34.3 Å². The van der Waals surface area contributed by atoms with Gasteiger partial charge in [0.1, 0.15) is 18.9 Å². The largest absolute Gasteiger partial charge is 0.486 e.